The van der Waals surface area contributed by atoms with Crippen LogP contribution in [0, 0.1) is 0 Å². The van der Waals surface area contributed by atoms with Crippen molar-refractivity contribution in [1.82, 2.24) is 10.2 Å². The minimum absolute atomic E-state index is 0.118. The van der Waals surface area contributed by atoms with Gasteiger partial charge in [-0.05, 0) is 13.0 Å². The topological polar surface area (TPSA) is 37.9 Å². The van der Waals surface area contributed by atoms with Crippen molar-refractivity contribution in [3.8, 4) is 0 Å². The molecule has 1 heterocycles. The summed E-state index contributed by atoms with van der Waals surface area (Å²) in [5.74, 6) is 0. The number of aromatic amines is 1. The highest BCUT2D eigenvalue weighted by molar-refractivity contribution is 5.00. The highest BCUT2D eigenvalue weighted by atomic mass is 16.5. The highest BCUT2D eigenvalue weighted by Crippen LogP contribution is 2.09. The van der Waals surface area contributed by atoms with Crippen LogP contribution in [0.1, 0.15) is 18.7 Å². The maximum atomic E-state index is 5.02. The zero-order chi connectivity index (χ0) is 6.69. The Morgan fingerprint density at radius 3 is 3.00 bits per heavy atom. The van der Waals surface area contributed by atoms with Gasteiger partial charge in [0.2, 0.25) is 0 Å². The largest absolute Gasteiger partial charge is 0.375 e. The summed E-state index contributed by atoms with van der Waals surface area (Å²) in [6, 6.07) is 1.90. The van der Waals surface area contributed by atoms with Crippen molar-refractivity contribution in [1.29, 1.82) is 0 Å². The summed E-state index contributed by atoms with van der Waals surface area (Å²) in [7, 11) is 1.67. The first kappa shape index (κ1) is 6.29. The lowest BCUT2D eigenvalue weighted by Gasteiger charge is -2.03. The second-order valence-electron chi connectivity index (χ2n) is 1.89. The van der Waals surface area contributed by atoms with Gasteiger partial charge in [-0.2, -0.15) is 5.10 Å². The van der Waals surface area contributed by atoms with E-state index in [0.717, 1.165) is 5.69 Å². The first-order chi connectivity index (χ1) is 4.34. The number of nitrogens with zero attached hydrogens (tertiary/aromatic N) is 1. The Labute approximate surface area is 54.0 Å². The predicted molar refractivity (Wildman–Crippen MR) is 34.0 cm³/mol. The van der Waals surface area contributed by atoms with Gasteiger partial charge < -0.3 is 4.74 Å². The zero-order valence-corrected chi connectivity index (χ0v) is 5.59. The molecule has 9 heavy (non-hydrogen) atoms. The summed E-state index contributed by atoms with van der Waals surface area (Å²) in [4.78, 5) is 0. The highest BCUT2D eigenvalue weighted by Gasteiger charge is 2.01. The summed E-state index contributed by atoms with van der Waals surface area (Å²) >= 11 is 0. The van der Waals surface area contributed by atoms with Crippen LogP contribution < -0.4 is 0 Å². The van der Waals surface area contributed by atoms with Crippen LogP contribution in [0.15, 0.2) is 12.3 Å². The molecule has 3 nitrogen and oxygen atoms in total. The van der Waals surface area contributed by atoms with Crippen molar-refractivity contribution in [3.63, 3.8) is 0 Å². The first-order valence-corrected chi connectivity index (χ1v) is 2.86. The standard InChI is InChI=1S/C6H10N2O/c1-5(9-2)6-3-4-7-8-6/h3-5H,1-2H3,(H,7,8). The lowest BCUT2D eigenvalue weighted by molar-refractivity contribution is 0.116. The summed E-state index contributed by atoms with van der Waals surface area (Å²) in [5, 5.41) is 6.60. The fourth-order valence-electron chi connectivity index (χ4n) is 0.620. The summed E-state index contributed by atoms with van der Waals surface area (Å²) in [6.07, 6.45) is 1.83. The number of methoxy groups -OCH3 is 1. The average molecular weight is 126 g/mol. The van der Waals surface area contributed by atoms with Crippen molar-refractivity contribution >= 4 is 0 Å². The van der Waals surface area contributed by atoms with E-state index in [0.29, 0.717) is 0 Å². The minimum Gasteiger partial charge on any atom is -0.375 e. The molecule has 1 aromatic rings. The number of aromatic nitrogens is 2. The van der Waals surface area contributed by atoms with Crippen LogP contribution in [0.5, 0.6) is 0 Å². The molecule has 0 spiro atoms. The Bertz CT molecular complexity index is 160. The quantitative estimate of drug-likeness (QED) is 0.644. The molecule has 0 aliphatic heterocycles. The molecule has 50 valence electrons. The molecule has 1 atom stereocenters. The minimum atomic E-state index is 0.118. The van der Waals surface area contributed by atoms with E-state index in [9.17, 15) is 0 Å². The first-order valence-electron chi connectivity index (χ1n) is 2.86. The van der Waals surface area contributed by atoms with Crippen LogP contribution in [0.4, 0.5) is 0 Å². The van der Waals surface area contributed by atoms with Crippen LogP contribution in [-0.4, -0.2) is 17.3 Å². The molecule has 0 bridgehead atoms. The van der Waals surface area contributed by atoms with E-state index >= 15 is 0 Å². The molecule has 0 aliphatic rings. The molecule has 1 unspecified atom stereocenters. The average Bonchev–Trinajstić information content (AvgIpc) is 2.37. The molecule has 3 heteroatoms. The van der Waals surface area contributed by atoms with E-state index < -0.39 is 0 Å². The summed E-state index contributed by atoms with van der Waals surface area (Å²) in [6.45, 7) is 1.97. The Hall–Kier alpha value is -0.830. The van der Waals surface area contributed by atoms with Gasteiger partial charge in [-0.1, -0.05) is 0 Å². The molecule has 0 radical (unpaired) electrons. The van der Waals surface area contributed by atoms with E-state index in [1.807, 2.05) is 13.0 Å². The van der Waals surface area contributed by atoms with Crippen molar-refractivity contribution in [2.45, 2.75) is 13.0 Å². The van der Waals surface area contributed by atoms with Gasteiger partial charge in [-0.3, -0.25) is 5.10 Å². The molecule has 0 aromatic carbocycles. The third-order valence-corrected chi connectivity index (χ3v) is 1.31. The maximum Gasteiger partial charge on any atom is 0.0957 e. The van der Waals surface area contributed by atoms with Crippen LogP contribution in [0.25, 0.3) is 0 Å². The van der Waals surface area contributed by atoms with Crippen molar-refractivity contribution in [3.05, 3.63) is 18.0 Å². The van der Waals surface area contributed by atoms with Gasteiger partial charge in [0.05, 0.1) is 11.8 Å². The molecule has 1 N–H and O–H groups in total. The molecule has 0 saturated carbocycles. The van der Waals surface area contributed by atoms with E-state index in [-0.39, 0.29) is 6.10 Å². The smallest absolute Gasteiger partial charge is 0.0957 e. The molecule has 0 aliphatic carbocycles. The van der Waals surface area contributed by atoms with Crippen LogP contribution >= 0.6 is 0 Å². The number of hydrogen-bond donors (Lipinski definition) is 1. The summed E-state index contributed by atoms with van der Waals surface area (Å²) in [5.41, 5.74) is 1.01. The van der Waals surface area contributed by atoms with Gasteiger partial charge in [0.15, 0.2) is 0 Å². The van der Waals surface area contributed by atoms with Gasteiger partial charge in [0.25, 0.3) is 0 Å². The summed E-state index contributed by atoms with van der Waals surface area (Å²) < 4.78 is 5.02. The number of ether oxygens (including phenoxy) is 1. The van der Waals surface area contributed by atoms with Gasteiger partial charge in [0.1, 0.15) is 0 Å². The molecule has 1 rings (SSSR count). The Morgan fingerprint density at radius 1 is 1.78 bits per heavy atom. The molecular formula is C6H10N2O. The lowest BCUT2D eigenvalue weighted by Crippen LogP contribution is -1.95. The monoisotopic (exact) mass is 126 g/mol. The van der Waals surface area contributed by atoms with Crippen LogP contribution in [-0.2, 0) is 4.74 Å². The second-order valence-corrected chi connectivity index (χ2v) is 1.89. The Kier molecular flexibility index (Phi) is 1.85. The molecule has 0 amide bonds. The number of H-pyrrole nitrogens is 1. The number of rotatable bonds is 2. The van der Waals surface area contributed by atoms with Gasteiger partial charge in [-0.15, -0.1) is 0 Å². The fraction of sp³-hybridized carbons (Fsp3) is 0.500. The Balaban J connectivity index is 2.65. The van der Waals surface area contributed by atoms with Gasteiger partial charge in [0, 0.05) is 13.3 Å². The number of nitrogens with one attached hydrogen (secondary N) is 1. The van der Waals surface area contributed by atoms with E-state index in [2.05, 4.69) is 10.2 Å². The van der Waals surface area contributed by atoms with Gasteiger partial charge >= 0.3 is 0 Å². The third-order valence-electron chi connectivity index (χ3n) is 1.31. The van der Waals surface area contributed by atoms with Gasteiger partial charge in [-0.25, -0.2) is 0 Å². The van der Waals surface area contributed by atoms with Crippen molar-refractivity contribution in [2.24, 2.45) is 0 Å². The van der Waals surface area contributed by atoms with Crippen molar-refractivity contribution in [2.75, 3.05) is 7.11 Å². The van der Waals surface area contributed by atoms with E-state index in [4.69, 9.17) is 4.74 Å². The second kappa shape index (κ2) is 2.64. The lowest BCUT2D eigenvalue weighted by atomic mass is 10.3. The van der Waals surface area contributed by atoms with Crippen molar-refractivity contribution < 1.29 is 4.74 Å². The predicted octanol–water partition coefficient (Wildman–Crippen LogP) is 1.12. The van der Waals surface area contributed by atoms with Crippen LogP contribution in [0.2, 0.25) is 0 Å². The zero-order valence-electron chi connectivity index (χ0n) is 5.59. The molecule has 0 fully saturated rings. The normalized spacial score (nSPS) is 13.6. The van der Waals surface area contributed by atoms with E-state index in [1.165, 1.54) is 0 Å². The third kappa shape index (κ3) is 1.29. The van der Waals surface area contributed by atoms with Crippen LogP contribution in [0.3, 0.4) is 0 Å². The maximum absolute atomic E-state index is 5.02. The molecule has 0 saturated heterocycles. The molecule has 1 aromatic heterocycles. The fourth-order valence-corrected chi connectivity index (χ4v) is 0.620. The Morgan fingerprint density at radius 2 is 2.56 bits per heavy atom. The molecular weight excluding hydrogens is 116 g/mol. The van der Waals surface area contributed by atoms with E-state index in [1.54, 1.807) is 13.3 Å². The SMILES string of the molecule is COC(C)c1ccn[nH]1. The number of hydrogen-bond acceptors (Lipinski definition) is 2.